The second-order valence-corrected chi connectivity index (χ2v) is 10.2. The van der Waals surface area contributed by atoms with Gasteiger partial charge in [-0.15, -0.1) is 0 Å². The topological polar surface area (TPSA) is 244 Å². The van der Waals surface area contributed by atoms with Crippen molar-refractivity contribution >= 4 is 23.5 Å². The minimum Gasteiger partial charge on any atom is -1.00 e. The van der Waals surface area contributed by atoms with Gasteiger partial charge in [0.2, 0.25) is 0 Å². The largest absolute Gasteiger partial charge is 1.00 e. The zero-order chi connectivity index (χ0) is 22.2. The van der Waals surface area contributed by atoms with Crippen molar-refractivity contribution in [2.24, 2.45) is 0 Å². The zero-order valence-corrected chi connectivity index (χ0v) is 23.1. The van der Waals surface area contributed by atoms with Gasteiger partial charge in [0, 0.05) is 18.2 Å². The number of nitrogens with zero attached hydrogens (tertiary/aromatic N) is 1. The molecule has 1 aromatic heterocycles. The van der Waals surface area contributed by atoms with Gasteiger partial charge in [0.1, 0.15) is 12.3 Å². The third-order valence-corrected chi connectivity index (χ3v) is 7.28. The number of H-pyrrole nitrogens is 1. The van der Waals surface area contributed by atoms with Crippen LogP contribution in [0.25, 0.3) is 0 Å². The molecule has 0 radical (unpaired) electrons. The number of phosphoric ester groups is 1. The molecule has 1 aliphatic heterocycles. The van der Waals surface area contributed by atoms with E-state index in [-0.39, 0.29) is 74.0 Å². The van der Waals surface area contributed by atoms with Gasteiger partial charge in [0.25, 0.3) is 5.56 Å². The van der Waals surface area contributed by atoms with Crippen molar-refractivity contribution in [3.8, 4) is 0 Å². The predicted molar refractivity (Wildman–Crippen MR) is 92.6 cm³/mol. The fourth-order valence-corrected chi connectivity index (χ4v) is 5.34. The first-order chi connectivity index (χ1) is 13.1. The third kappa shape index (κ3) is 10.0. The molecule has 0 amide bonds. The number of phosphoric acid groups is 3. The Morgan fingerprint density at radius 2 is 1.74 bits per heavy atom. The van der Waals surface area contributed by atoms with E-state index in [9.17, 15) is 33.3 Å². The molecule has 31 heavy (non-hydrogen) atoms. The van der Waals surface area contributed by atoms with Gasteiger partial charge in [0.15, 0.2) is 0 Å². The molecule has 21 heteroatoms. The summed E-state index contributed by atoms with van der Waals surface area (Å²) in [4.78, 5) is 60.6. The van der Waals surface area contributed by atoms with E-state index in [1.165, 1.54) is 13.1 Å². The molecule has 0 bridgehead atoms. The second kappa shape index (κ2) is 12.1. The van der Waals surface area contributed by atoms with Crippen LogP contribution >= 0.6 is 23.5 Å². The van der Waals surface area contributed by atoms with Crippen molar-refractivity contribution in [2.75, 3.05) is 6.61 Å². The van der Waals surface area contributed by atoms with Crippen molar-refractivity contribution in [1.82, 2.24) is 9.55 Å². The molecule has 170 valence electrons. The van der Waals surface area contributed by atoms with E-state index in [0.717, 1.165) is 4.57 Å². The van der Waals surface area contributed by atoms with E-state index in [1.54, 1.807) is 0 Å². The fourth-order valence-electron chi connectivity index (χ4n) is 2.31. The van der Waals surface area contributed by atoms with Crippen LogP contribution in [-0.2, 0) is 31.6 Å². The van der Waals surface area contributed by atoms with Gasteiger partial charge in [-0.3, -0.25) is 18.9 Å². The van der Waals surface area contributed by atoms with E-state index in [0.29, 0.717) is 0 Å². The van der Waals surface area contributed by atoms with Crippen LogP contribution in [0.3, 0.4) is 0 Å². The first-order valence-electron chi connectivity index (χ1n) is 7.52. The molecular formula is C10H19N2Na2O14P3. The van der Waals surface area contributed by atoms with E-state index >= 15 is 0 Å². The quantitative estimate of drug-likeness (QED) is 0.135. The van der Waals surface area contributed by atoms with Crippen LogP contribution in [-0.4, -0.2) is 53.0 Å². The van der Waals surface area contributed by atoms with Crippen LogP contribution in [0.5, 0.6) is 0 Å². The number of ether oxygens (including phenoxy) is 1. The Morgan fingerprint density at radius 1 is 1.16 bits per heavy atom. The van der Waals surface area contributed by atoms with Crippen molar-refractivity contribution in [2.45, 2.75) is 31.8 Å². The average Bonchev–Trinajstić information content (AvgIpc) is 2.86. The number of hydrogen-bond acceptors (Lipinski definition) is 10. The minimum atomic E-state index is -5.67. The number of rotatable bonds is 8. The van der Waals surface area contributed by atoms with Crippen LogP contribution < -0.4 is 70.4 Å². The van der Waals surface area contributed by atoms with Crippen LogP contribution in [0.15, 0.2) is 15.8 Å². The number of aromatic amines is 1. The molecule has 5 atom stereocenters. The first-order valence-corrected chi connectivity index (χ1v) is 12.0. The van der Waals surface area contributed by atoms with Gasteiger partial charge < -0.3 is 32.3 Å². The maximum Gasteiger partial charge on any atom is 1.00 e. The van der Waals surface area contributed by atoms with Gasteiger partial charge in [0.05, 0.1) is 12.7 Å². The molecule has 2 unspecified atom stereocenters. The van der Waals surface area contributed by atoms with Gasteiger partial charge in [-0.2, -0.15) is 8.62 Å². The summed E-state index contributed by atoms with van der Waals surface area (Å²) in [5.41, 5.74) is -1.26. The van der Waals surface area contributed by atoms with Crippen LogP contribution in [0.1, 0.15) is 21.1 Å². The Hall–Kier alpha value is 1.01. The van der Waals surface area contributed by atoms with E-state index in [2.05, 4.69) is 13.1 Å². The van der Waals surface area contributed by atoms with Gasteiger partial charge in [-0.25, -0.2) is 18.5 Å². The number of hydrogen-bond donors (Lipinski definition) is 6. The number of aryl methyl sites for hydroxylation is 1. The second-order valence-electron chi connectivity index (χ2n) is 5.80. The van der Waals surface area contributed by atoms with E-state index in [4.69, 9.17) is 19.4 Å². The molecule has 16 nitrogen and oxygen atoms in total. The number of nitrogens with one attached hydrogen (secondary N) is 1. The Morgan fingerprint density at radius 3 is 2.29 bits per heavy atom. The molecule has 1 aliphatic rings. The Balaban J connectivity index is -0.00000225. The monoisotopic (exact) mass is 530 g/mol. The normalized spacial score (nSPS) is 25.0. The molecular weight excluding hydrogens is 511 g/mol. The Labute approximate surface area is 220 Å². The van der Waals surface area contributed by atoms with Crippen LogP contribution in [0.4, 0.5) is 0 Å². The summed E-state index contributed by atoms with van der Waals surface area (Å²) in [5, 5.41) is 9.98. The minimum absolute atomic E-state index is 0. The summed E-state index contributed by atoms with van der Waals surface area (Å²) >= 11 is 0. The summed E-state index contributed by atoms with van der Waals surface area (Å²) in [6, 6.07) is 0. The molecule has 0 aliphatic carbocycles. The first kappa shape index (κ1) is 32.0. The predicted octanol–water partition coefficient (Wildman–Crippen LogP) is -6.93. The smallest absolute Gasteiger partial charge is 1.00 e. The molecule has 2 heterocycles. The number of aliphatic hydroxyl groups is 1. The van der Waals surface area contributed by atoms with Crippen molar-refractivity contribution in [1.29, 1.82) is 0 Å². The molecule has 1 fully saturated rings. The molecule has 0 saturated carbocycles. The van der Waals surface area contributed by atoms with Gasteiger partial charge in [-0.1, -0.05) is 0 Å². The molecule has 0 aromatic carbocycles. The molecule has 1 aromatic rings. The standard InChI is InChI=1S/C10H17N2O14P3.2Na.2H/c1-5-3-12(10(15)11-9(5)14)8-2-6(13)7(24-8)4-23-28(19,20)26-29(21,22)25-27(16,17)18;;;;/h3,6-8,13H,2,4H2,1H3,(H,19,20)(H,21,22)(H,11,14,15)(H2,16,17,18);;;;/q;2*+1;2*-1/t6-,7+,8+;;;;/m0..../s1. The molecule has 1 saturated heterocycles. The Kier molecular flexibility index (Phi) is 12.5. The molecule has 2 rings (SSSR count). The molecule has 0 spiro atoms. The van der Waals surface area contributed by atoms with Gasteiger partial charge >= 0.3 is 88.3 Å². The number of aromatic nitrogens is 2. The summed E-state index contributed by atoms with van der Waals surface area (Å²) in [5.74, 6) is 0. The van der Waals surface area contributed by atoms with Crippen LogP contribution in [0.2, 0.25) is 0 Å². The van der Waals surface area contributed by atoms with E-state index < -0.39 is 59.8 Å². The maximum absolute atomic E-state index is 11.9. The Bertz CT molecular complexity index is 1030. The summed E-state index contributed by atoms with van der Waals surface area (Å²) in [7, 11) is -16.6. The zero-order valence-electron chi connectivity index (χ0n) is 18.4. The summed E-state index contributed by atoms with van der Waals surface area (Å²) in [6.45, 7) is 0.547. The average molecular weight is 530 g/mol. The van der Waals surface area contributed by atoms with Crippen molar-refractivity contribution < 1.29 is 118 Å². The summed E-state index contributed by atoms with van der Waals surface area (Å²) < 4.78 is 51.3. The fraction of sp³-hybridized carbons (Fsp3) is 0.600. The molecule has 6 N–H and O–H groups in total. The van der Waals surface area contributed by atoms with Crippen molar-refractivity contribution in [3.05, 3.63) is 32.6 Å². The van der Waals surface area contributed by atoms with Crippen LogP contribution in [0, 0.1) is 6.92 Å². The third-order valence-electron chi connectivity index (χ3n) is 3.48. The summed E-state index contributed by atoms with van der Waals surface area (Å²) in [6.07, 6.45) is -2.67. The number of aliphatic hydroxyl groups excluding tert-OH is 1. The SMILES string of the molecule is Cc1cn([C@H]2C[C@H](O)[C@@H](COP(=O)(O)OP(=O)(O)OP(=O)(O)O)O2)c(=O)[nH]c1=O.[H-].[H-].[Na+].[Na+]. The van der Waals surface area contributed by atoms with Gasteiger partial charge in [-0.05, 0) is 6.92 Å². The maximum atomic E-state index is 11.9. The van der Waals surface area contributed by atoms with E-state index in [1.807, 2.05) is 4.98 Å². The van der Waals surface area contributed by atoms with Crippen molar-refractivity contribution in [3.63, 3.8) is 0 Å².